The number of rotatable bonds is 4. The summed E-state index contributed by atoms with van der Waals surface area (Å²) in [5.41, 5.74) is 1.94. The minimum absolute atomic E-state index is 0.151. The maximum absolute atomic E-state index is 12.5. The van der Waals surface area contributed by atoms with Gasteiger partial charge in [0.2, 0.25) is 0 Å². The van der Waals surface area contributed by atoms with Crippen molar-refractivity contribution in [3.05, 3.63) is 53.4 Å². The van der Waals surface area contributed by atoms with Crippen molar-refractivity contribution in [2.24, 2.45) is 0 Å². The highest BCUT2D eigenvalue weighted by Crippen LogP contribution is 2.38. The number of esters is 2. The minimum atomic E-state index is -0.692. The Balaban J connectivity index is 2.20. The Morgan fingerprint density at radius 2 is 1.96 bits per heavy atom. The largest absolute Gasteiger partial charge is 0.461 e. The molecule has 0 saturated carbocycles. The normalized spacial score (nSPS) is 16.1. The van der Waals surface area contributed by atoms with E-state index < -0.39 is 17.5 Å². The minimum Gasteiger partial charge on any atom is -0.461 e. The topological polar surface area (TPSA) is 70.4 Å². The Bertz CT molecular complexity index is 863. The van der Waals surface area contributed by atoms with E-state index in [0.717, 1.165) is 11.3 Å². The van der Waals surface area contributed by atoms with Crippen molar-refractivity contribution in [2.45, 2.75) is 33.3 Å². The number of nitrogens with zero attached hydrogens (tertiary/aromatic N) is 2. The van der Waals surface area contributed by atoms with Gasteiger partial charge in [0.1, 0.15) is 5.60 Å². The van der Waals surface area contributed by atoms with E-state index >= 15 is 0 Å². The van der Waals surface area contributed by atoms with E-state index in [-0.39, 0.29) is 12.3 Å². The summed E-state index contributed by atoms with van der Waals surface area (Å²) in [5, 5.41) is 4.36. The fraction of sp³-hybridized carbons (Fsp3) is 0.316. The summed E-state index contributed by atoms with van der Waals surface area (Å²) in [6.07, 6.45) is 0. The second-order valence-corrected chi connectivity index (χ2v) is 6.28. The van der Waals surface area contributed by atoms with Gasteiger partial charge in [-0.2, -0.15) is 5.10 Å². The van der Waals surface area contributed by atoms with Crippen LogP contribution in [0.2, 0.25) is 0 Å². The molecule has 0 radical (unpaired) electrons. The van der Waals surface area contributed by atoms with Gasteiger partial charge in [-0.25, -0.2) is 14.3 Å². The van der Waals surface area contributed by atoms with Gasteiger partial charge in [0.15, 0.2) is 5.69 Å². The average molecular weight is 340 g/mol. The third-order valence-corrected chi connectivity index (χ3v) is 4.28. The first kappa shape index (κ1) is 17.0. The molecule has 0 N–H and O–H groups in total. The number of hydrogen-bond donors (Lipinski definition) is 0. The molecule has 0 spiro atoms. The lowest BCUT2D eigenvalue weighted by molar-refractivity contribution is -0.142. The van der Waals surface area contributed by atoms with Crippen LogP contribution in [0.5, 0.6) is 0 Å². The van der Waals surface area contributed by atoms with Crippen molar-refractivity contribution in [2.75, 3.05) is 6.61 Å². The lowest BCUT2D eigenvalue weighted by Crippen LogP contribution is -2.21. The van der Waals surface area contributed by atoms with Crippen LogP contribution in [-0.2, 0) is 14.3 Å². The first-order valence-electron chi connectivity index (χ1n) is 8.13. The lowest BCUT2D eigenvalue weighted by Gasteiger charge is -2.18. The zero-order valence-corrected chi connectivity index (χ0v) is 14.7. The summed E-state index contributed by atoms with van der Waals surface area (Å²) in [6.45, 7) is 7.51. The van der Waals surface area contributed by atoms with Crippen molar-refractivity contribution in [1.82, 2.24) is 9.78 Å². The SMILES string of the molecule is CCOC(=O)c1cc(C2=C(C)C(C)(C)OC2=O)n(-c2ccccc2)n1. The predicted octanol–water partition coefficient (Wildman–Crippen LogP) is 3.16. The molecule has 25 heavy (non-hydrogen) atoms. The third kappa shape index (κ3) is 2.95. The molecule has 1 aliphatic rings. The number of benzene rings is 1. The molecule has 2 heterocycles. The Hall–Kier alpha value is -2.89. The summed E-state index contributed by atoms with van der Waals surface area (Å²) >= 11 is 0. The van der Waals surface area contributed by atoms with E-state index in [9.17, 15) is 9.59 Å². The quantitative estimate of drug-likeness (QED) is 0.800. The zero-order valence-electron chi connectivity index (χ0n) is 14.7. The molecule has 1 aromatic carbocycles. The number of hydrogen-bond acceptors (Lipinski definition) is 5. The molecule has 0 unspecified atom stereocenters. The van der Waals surface area contributed by atoms with Crippen molar-refractivity contribution < 1.29 is 19.1 Å². The summed E-state index contributed by atoms with van der Waals surface area (Å²) in [4.78, 5) is 24.6. The van der Waals surface area contributed by atoms with E-state index in [1.54, 1.807) is 17.7 Å². The highest BCUT2D eigenvalue weighted by atomic mass is 16.6. The third-order valence-electron chi connectivity index (χ3n) is 4.28. The molecule has 1 aliphatic heterocycles. The molecule has 0 saturated heterocycles. The van der Waals surface area contributed by atoms with Gasteiger partial charge in [0, 0.05) is 0 Å². The first-order chi connectivity index (χ1) is 11.8. The molecule has 0 atom stereocenters. The maximum atomic E-state index is 12.5. The second kappa shape index (κ2) is 6.20. The van der Waals surface area contributed by atoms with Crippen LogP contribution < -0.4 is 0 Å². The number of cyclic esters (lactones) is 1. The zero-order chi connectivity index (χ0) is 18.2. The van der Waals surface area contributed by atoms with E-state index in [0.29, 0.717) is 11.3 Å². The highest BCUT2D eigenvalue weighted by Gasteiger charge is 2.40. The number of para-hydroxylation sites is 1. The van der Waals surface area contributed by atoms with Gasteiger partial charge < -0.3 is 9.47 Å². The molecular weight excluding hydrogens is 320 g/mol. The molecule has 3 rings (SSSR count). The van der Waals surface area contributed by atoms with Crippen molar-refractivity contribution >= 4 is 17.5 Å². The Morgan fingerprint density at radius 3 is 2.52 bits per heavy atom. The lowest BCUT2D eigenvalue weighted by atomic mass is 9.96. The van der Waals surface area contributed by atoms with Gasteiger partial charge in [-0.3, -0.25) is 0 Å². The van der Waals surface area contributed by atoms with Crippen LogP contribution in [0, 0.1) is 0 Å². The molecule has 6 heteroatoms. The van der Waals surface area contributed by atoms with Crippen LogP contribution in [-0.4, -0.2) is 33.9 Å². The molecule has 0 fully saturated rings. The van der Waals surface area contributed by atoms with E-state index in [1.807, 2.05) is 51.1 Å². The first-order valence-corrected chi connectivity index (χ1v) is 8.13. The summed E-state index contributed by atoms with van der Waals surface area (Å²) < 4.78 is 12.1. The van der Waals surface area contributed by atoms with Crippen molar-refractivity contribution in [1.29, 1.82) is 0 Å². The average Bonchev–Trinajstić information content (AvgIpc) is 3.08. The van der Waals surface area contributed by atoms with Crippen molar-refractivity contribution in [3.63, 3.8) is 0 Å². The van der Waals surface area contributed by atoms with Gasteiger partial charge >= 0.3 is 11.9 Å². The Kier molecular flexibility index (Phi) is 4.20. The molecule has 1 aromatic heterocycles. The maximum Gasteiger partial charge on any atom is 0.358 e. The summed E-state index contributed by atoms with van der Waals surface area (Å²) in [7, 11) is 0. The van der Waals surface area contributed by atoms with Crippen molar-refractivity contribution in [3.8, 4) is 5.69 Å². The fourth-order valence-corrected chi connectivity index (χ4v) is 2.74. The smallest absolute Gasteiger partial charge is 0.358 e. The highest BCUT2D eigenvalue weighted by molar-refractivity contribution is 6.19. The van der Waals surface area contributed by atoms with Crippen LogP contribution >= 0.6 is 0 Å². The fourth-order valence-electron chi connectivity index (χ4n) is 2.74. The standard InChI is InChI=1S/C19H20N2O4/c1-5-24-17(22)14-11-15(16-12(2)19(3,4)25-18(16)23)21(20-14)13-9-7-6-8-10-13/h6-11H,5H2,1-4H3. The Morgan fingerprint density at radius 1 is 1.28 bits per heavy atom. The van der Waals surface area contributed by atoms with Gasteiger partial charge in [-0.15, -0.1) is 0 Å². The molecule has 0 amide bonds. The van der Waals surface area contributed by atoms with E-state index in [1.165, 1.54) is 0 Å². The number of carbonyl (C=O) groups excluding carboxylic acids is 2. The Labute approximate surface area is 146 Å². The molecule has 0 bridgehead atoms. The molecule has 2 aromatic rings. The number of ether oxygens (including phenoxy) is 2. The van der Waals surface area contributed by atoms with Gasteiger partial charge in [0.25, 0.3) is 0 Å². The van der Waals surface area contributed by atoms with Gasteiger partial charge in [0.05, 0.1) is 23.6 Å². The van der Waals surface area contributed by atoms with Crippen LogP contribution in [0.15, 0.2) is 42.0 Å². The van der Waals surface area contributed by atoms with E-state index in [2.05, 4.69) is 5.10 Å². The number of carbonyl (C=O) groups is 2. The van der Waals surface area contributed by atoms with Crippen LogP contribution in [0.1, 0.15) is 43.9 Å². The predicted molar refractivity (Wildman–Crippen MR) is 92.3 cm³/mol. The van der Waals surface area contributed by atoms with Gasteiger partial charge in [-0.05, 0) is 51.5 Å². The monoisotopic (exact) mass is 340 g/mol. The van der Waals surface area contributed by atoms with Crippen LogP contribution in [0.3, 0.4) is 0 Å². The molecule has 0 aliphatic carbocycles. The number of aromatic nitrogens is 2. The molecular formula is C19H20N2O4. The molecule has 130 valence electrons. The second-order valence-electron chi connectivity index (χ2n) is 6.28. The summed E-state index contributed by atoms with van der Waals surface area (Å²) in [6, 6.07) is 10.9. The van der Waals surface area contributed by atoms with E-state index in [4.69, 9.17) is 9.47 Å². The van der Waals surface area contributed by atoms with Crippen LogP contribution in [0.4, 0.5) is 0 Å². The van der Waals surface area contributed by atoms with Gasteiger partial charge in [-0.1, -0.05) is 18.2 Å². The molecule has 6 nitrogen and oxygen atoms in total. The van der Waals surface area contributed by atoms with Crippen LogP contribution in [0.25, 0.3) is 11.3 Å². The summed E-state index contributed by atoms with van der Waals surface area (Å²) in [5.74, 6) is -0.947.